The molecular weight excluding hydrogens is 266 g/mol. The van der Waals surface area contributed by atoms with E-state index in [-0.39, 0.29) is 5.75 Å². The minimum absolute atomic E-state index is 0.136. The van der Waals surface area contributed by atoms with Gasteiger partial charge in [-0.25, -0.2) is 12.7 Å². The van der Waals surface area contributed by atoms with E-state index in [4.69, 9.17) is 0 Å². The number of rotatable bonds is 3. The quantitative estimate of drug-likeness (QED) is 0.867. The lowest BCUT2D eigenvalue weighted by atomic mass is 10.2. The van der Waals surface area contributed by atoms with E-state index >= 15 is 0 Å². The average Bonchev–Trinajstić information content (AvgIpc) is 2.99. The zero-order valence-corrected chi connectivity index (χ0v) is 11.6. The summed E-state index contributed by atoms with van der Waals surface area (Å²) in [6.45, 7) is 1.37. The SMILES string of the molecule is O=S(=O)(Cc1csc2ccccc12)N1CCCC1. The third-order valence-electron chi connectivity index (χ3n) is 3.36. The van der Waals surface area contributed by atoms with Crippen LogP contribution in [0.5, 0.6) is 0 Å². The molecule has 3 nitrogen and oxygen atoms in total. The van der Waals surface area contributed by atoms with Gasteiger partial charge in [0.25, 0.3) is 0 Å². The summed E-state index contributed by atoms with van der Waals surface area (Å²) in [5.41, 5.74) is 0.933. The second-order valence-corrected chi connectivity index (χ2v) is 7.50. The Bertz CT molecular complexity index is 654. The van der Waals surface area contributed by atoms with Crippen molar-refractivity contribution >= 4 is 31.4 Å². The van der Waals surface area contributed by atoms with Gasteiger partial charge in [0.2, 0.25) is 10.0 Å². The second kappa shape index (κ2) is 4.64. The van der Waals surface area contributed by atoms with E-state index in [1.54, 1.807) is 15.6 Å². The van der Waals surface area contributed by atoms with Crippen LogP contribution in [0, 0.1) is 0 Å². The van der Waals surface area contributed by atoms with E-state index in [1.807, 2.05) is 29.6 Å². The highest BCUT2D eigenvalue weighted by Crippen LogP contribution is 2.28. The zero-order chi connectivity index (χ0) is 12.6. The van der Waals surface area contributed by atoms with Crippen LogP contribution in [0.2, 0.25) is 0 Å². The summed E-state index contributed by atoms with van der Waals surface area (Å²) in [7, 11) is -3.13. The van der Waals surface area contributed by atoms with Crippen molar-refractivity contribution in [3.63, 3.8) is 0 Å². The van der Waals surface area contributed by atoms with Crippen molar-refractivity contribution in [3.05, 3.63) is 35.2 Å². The minimum atomic E-state index is -3.13. The Hall–Kier alpha value is -0.910. The molecule has 0 atom stereocenters. The van der Waals surface area contributed by atoms with Crippen molar-refractivity contribution in [2.75, 3.05) is 13.1 Å². The van der Waals surface area contributed by atoms with E-state index < -0.39 is 10.0 Å². The van der Waals surface area contributed by atoms with E-state index in [9.17, 15) is 8.42 Å². The van der Waals surface area contributed by atoms with Gasteiger partial charge in [0.15, 0.2) is 0 Å². The summed E-state index contributed by atoms with van der Waals surface area (Å²) in [5, 5.41) is 3.04. The number of nitrogens with zero attached hydrogens (tertiary/aromatic N) is 1. The first-order valence-corrected chi connectivity index (χ1v) is 8.59. The van der Waals surface area contributed by atoms with Crippen molar-refractivity contribution in [1.82, 2.24) is 4.31 Å². The lowest BCUT2D eigenvalue weighted by Crippen LogP contribution is -2.28. The molecule has 1 aromatic heterocycles. The van der Waals surface area contributed by atoms with E-state index in [0.717, 1.165) is 28.5 Å². The molecule has 1 fully saturated rings. The van der Waals surface area contributed by atoms with Crippen LogP contribution in [-0.4, -0.2) is 25.8 Å². The van der Waals surface area contributed by atoms with Crippen LogP contribution < -0.4 is 0 Å². The van der Waals surface area contributed by atoms with Crippen LogP contribution in [0.1, 0.15) is 18.4 Å². The summed E-state index contributed by atoms with van der Waals surface area (Å²) in [6.07, 6.45) is 1.98. The van der Waals surface area contributed by atoms with Crippen LogP contribution in [0.25, 0.3) is 10.1 Å². The molecule has 18 heavy (non-hydrogen) atoms. The van der Waals surface area contributed by atoms with E-state index in [2.05, 4.69) is 0 Å². The molecule has 1 aliphatic heterocycles. The fraction of sp³-hybridized carbons (Fsp3) is 0.385. The Kier molecular flexibility index (Phi) is 3.13. The van der Waals surface area contributed by atoms with Gasteiger partial charge in [0.05, 0.1) is 5.75 Å². The maximum atomic E-state index is 12.3. The number of fused-ring (bicyclic) bond motifs is 1. The van der Waals surface area contributed by atoms with Crippen LogP contribution in [-0.2, 0) is 15.8 Å². The molecule has 1 saturated heterocycles. The molecule has 1 aliphatic rings. The highest BCUT2D eigenvalue weighted by atomic mass is 32.2. The Balaban J connectivity index is 1.92. The molecule has 5 heteroatoms. The molecular formula is C13H15NO2S2. The maximum absolute atomic E-state index is 12.3. The molecule has 0 unspecified atom stereocenters. The van der Waals surface area contributed by atoms with Gasteiger partial charge in [-0.2, -0.15) is 0 Å². The van der Waals surface area contributed by atoms with Gasteiger partial charge in [0.1, 0.15) is 0 Å². The molecule has 0 bridgehead atoms. The molecule has 1 aromatic carbocycles. The second-order valence-electron chi connectivity index (χ2n) is 4.62. The first-order valence-electron chi connectivity index (χ1n) is 6.10. The van der Waals surface area contributed by atoms with Crippen molar-refractivity contribution in [2.24, 2.45) is 0 Å². The minimum Gasteiger partial charge on any atom is -0.212 e. The molecule has 2 heterocycles. The van der Waals surface area contributed by atoms with Crippen LogP contribution in [0.3, 0.4) is 0 Å². The summed E-state index contributed by atoms with van der Waals surface area (Å²) in [4.78, 5) is 0. The predicted octanol–water partition coefficient (Wildman–Crippen LogP) is 2.83. The molecule has 0 N–H and O–H groups in total. The fourth-order valence-corrected chi connectivity index (χ4v) is 5.10. The first-order chi connectivity index (χ1) is 8.67. The predicted molar refractivity (Wildman–Crippen MR) is 75.3 cm³/mol. The van der Waals surface area contributed by atoms with Crippen LogP contribution >= 0.6 is 11.3 Å². The molecule has 2 aromatic rings. The molecule has 0 amide bonds. The topological polar surface area (TPSA) is 37.4 Å². The van der Waals surface area contributed by atoms with Crippen molar-refractivity contribution < 1.29 is 8.42 Å². The van der Waals surface area contributed by atoms with Gasteiger partial charge >= 0.3 is 0 Å². The fourth-order valence-electron chi connectivity index (χ4n) is 2.40. The summed E-state index contributed by atoms with van der Waals surface area (Å²) in [6, 6.07) is 7.98. The van der Waals surface area contributed by atoms with Crippen molar-refractivity contribution in [2.45, 2.75) is 18.6 Å². The van der Waals surface area contributed by atoms with Crippen LogP contribution in [0.15, 0.2) is 29.6 Å². The highest BCUT2D eigenvalue weighted by Gasteiger charge is 2.26. The standard InChI is InChI=1S/C13H15NO2S2/c15-18(16,14-7-3-4-8-14)10-11-9-17-13-6-2-1-5-12(11)13/h1-2,5-6,9H,3-4,7-8,10H2. The van der Waals surface area contributed by atoms with Crippen LogP contribution in [0.4, 0.5) is 0 Å². The summed E-state index contributed by atoms with van der Waals surface area (Å²) in [5.74, 6) is 0.136. The number of thiophene rings is 1. The molecule has 0 saturated carbocycles. The first kappa shape index (κ1) is 12.1. The summed E-state index contributed by atoms with van der Waals surface area (Å²) < 4.78 is 27.3. The van der Waals surface area contributed by atoms with Gasteiger partial charge in [0, 0.05) is 17.8 Å². The molecule has 0 aliphatic carbocycles. The zero-order valence-electron chi connectivity index (χ0n) is 10.0. The maximum Gasteiger partial charge on any atom is 0.218 e. The monoisotopic (exact) mass is 281 g/mol. The molecule has 0 spiro atoms. The summed E-state index contributed by atoms with van der Waals surface area (Å²) >= 11 is 1.61. The Morgan fingerprint density at radius 3 is 2.67 bits per heavy atom. The smallest absolute Gasteiger partial charge is 0.212 e. The Labute approximate surface area is 111 Å². The molecule has 0 radical (unpaired) electrons. The average molecular weight is 281 g/mol. The van der Waals surface area contributed by atoms with Crippen molar-refractivity contribution in [1.29, 1.82) is 0 Å². The third-order valence-corrected chi connectivity index (χ3v) is 6.20. The largest absolute Gasteiger partial charge is 0.218 e. The number of hydrogen-bond donors (Lipinski definition) is 0. The van der Waals surface area contributed by atoms with Crippen molar-refractivity contribution in [3.8, 4) is 0 Å². The Morgan fingerprint density at radius 2 is 1.89 bits per heavy atom. The number of hydrogen-bond acceptors (Lipinski definition) is 3. The lowest BCUT2D eigenvalue weighted by Gasteiger charge is -2.14. The van der Waals surface area contributed by atoms with Gasteiger partial charge < -0.3 is 0 Å². The van der Waals surface area contributed by atoms with Gasteiger partial charge in [-0.3, -0.25) is 0 Å². The van der Waals surface area contributed by atoms with Gasteiger partial charge in [-0.15, -0.1) is 11.3 Å². The number of sulfonamides is 1. The van der Waals surface area contributed by atoms with E-state index in [0.29, 0.717) is 13.1 Å². The number of benzene rings is 1. The Morgan fingerprint density at radius 1 is 1.17 bits per heavy atom. The molecule has 96 valence electrons. The normalized spacial score (nSPS) is 17.6. The highest BCUT2D eigenvalue weighted by molar-refractivity contribution is 7.88. The third kappa shape index (κ3) is 2.18. The molecule has 3 rings (SSSR count). The van der Waals surface area contributed by atoms with E-state index in [1.165, 1.54) is 0 Å². The van der Waals surface area contributed by atoms with Gasteiger partial charge in [-0.05, 0) is 35.2 Å². The van der Waals surface area contributed by atoms with Gasteiger partial charge in [-0.1, -0.05) is 18.2 Å². The lowest BCUT2D eigenvalue weighted by molar-refractivity contribution is 0.477.